The van der Waals surface area contributed by atoms with E-state index in [1.807, 2.05) is 26.0 Å². The van der Waals surface area contributed by atoms with Crippen LogP contribution in [-0.2, 0) is 53.5 Å². The number of aryl methyl sites for hydroxylation is 1. The summed E-state index contributed by atoms with van der Waals surface area (Å²) in [5.74, 6) is -0.539. The van der Waals surface area contributed by atoms with Crippen molar-refractivity contribution in [3.8, 4) is 17.2 Å². The monoisotopic (exact) mass is 1150 g/mol. The first-order chi connectivity index (χ1) is 38.7. The van der Waals surface area contributed by atoms with Gasteiger partial charge in [-0.1, -0.05) is 12.1 Å². The minimum atomic E-state index is -4.55. The van der Waals surface area contributed by atoms with Crippen LogP contribution in [0.2, 0.25) is 0 Å². The van der Waals surface area contributed by atoms with Crippen LogP contribution in [0.1, 0.15) is 90.5 Å². The fraction of sp³-hybridized carbons (Fsp3) is 0.386. The zero-order valence-electron chi connectivity index (χ0n) is 45.1. The summed E-state index contributed by atoms with van der Waals surface area (Å²) in [5.41, 5.74) is 3.47. The smallest absolute Gasteiger partial charge is 0.276 e. The summed E-state index contributed by atoms with van der Waals surface area (Å²) in [6.07, 6.45) is 6.14. The number of nitrogens with one attached hydrogen (secondary N) is 2. The second kappa shape index (κ2) is 26.8. The van der Waals surface area contributed by atoms with E-state index in [-0.39, 0.29) is 80.5 Å². The molecule has 428 valence electrons. The lowest BCUT2D eigenvalue weighted by molar-refractivity contribution is -0.394. The van der Waals surface area contributed by atoms with Crippen LogP contribution in [-0.4, -0.2) is 115 Å². The third-order valence-corrected chi connectivity index (χ3v) is 15.6. The Labute approximate surface area is 471 Å². The molecule has 0 radical (unpaired) electrons. The first kappa shape index (κ1) is 59.5. The number of anilines is 1. The Morgan fingerprint density at radius 2 is 1.63 bits per heavy atom. The summed E-state index contributed by atoms with van der Waals surface area (Å²) in [5, 5.41) is 39.6. The van der Waals surface area contributed by atoms with Gasteiger partial charge in [0.2, 0.25) is 16.4 Å². The number of nitro benzene ring substituents is 2. The van der Waals surface area contributed by atoms with Crippen LogP contribution in [0.25, 0.3) is 6.08 Å². The van der Waals surface area contributed by atoms with Crippen molar-refractivity contribution in [2.45, 2.75) is 82.4 Å². The number of hydrogen-bond donors (Lipinski definition) is 3. The van der Waals surface area contributed by atoms with Gasteiger partial charge in [0.25, 0.3) is 17.3 Å². The zero-order valence-corrected chi connectivity index (χ0v) is 46.7. The number of non-ortho nitro benzene ring substituents is 2. The van der Waals surface area contributed by atoms with Gasteiger partial charge in [-0.2, -0.15) is 0 Å². The van der Waals surface area contributed by atoms with Gasteiger partial charge in [0.1, 0.15) is 29.9 Å². The van der Waals surface area contributed by atoms with Crippen molar-refractivity contribution >= 4 is 67.6 Å². The summed E-state index contributed by atoms with van der Waals surface area (Å²) in [6.45, 7) is 10.1. The van der Waals surface area contributed by atoms with Gasteiger partial charge >= 0.3 is 0 Å². The van der Waals surface area contributed by atoms with Crippen molar-refractivity contribution in [1.82, 2.24) is 15.2 Å². The van der Waals surface area contributed by atoms with Crippen LogP contribution in [0.3, 0.4) is 0 Å². The highest BCUT2D eigenvalue weighted by Crippen LogP contribution is 2.49. The Morgan fingerprint density at radius 1 is 0.914 bits per heavy atom. The van der Waals surface area contributed by atoms with E-state index in [0.717, 1.165) is 72.5 Å². The summed E-state index contributed by atoms with van der Waals surface area (Å²) >= 11 is 0.921. The lowest BCUT2D eigenvalue weighted by atomic mass is 9.79. The first-order valence-corrected chi connectivity index (χ1v) is 28.9. The lowest BCUT2D eigenvalue weighted by Crippen LogP contribution is -2.50. The van der Waals surface area contributed by atoms with Crippen molar-refractivity contribution in [2.24, 2.45) is 4.99 Å². The molecule has 3 heterocycles. The van der Waals surface area contributed by atoms with Gasteiger partial charge < -0.3 is 44.1 Å². The molecule has 0 saturated carbocycles. The molecule has 5 aromatic carbocycles. The van der Waals surface area contributed by atoms with E-state index in [0.29, 0.717) is 64.5 Å². The van der Waals surface area contributed by atoms with Gasteiger partial charge in [0.15, 0.2) is 11.5 Å². The minimum absolute atomic E-state index is 0.0211. The molecule has 24 heteroatoms. The Morgan fingerprint density at radius 3 is 2.33 bits per heavy atom. The van der Waals surface area contributed by atoms with E-state index in [2.05, 4.69) is 39.2 Å². The molecule has 1 atom stereocenters. The van der Waals surface area contributed by atoms with Gasteiger partial charge in [-0.05, 0) is 129 Å². The molecule has 5 aromatic rings. The van der Waals surface area contributed by atoms with Crippen LogP contribution in [0, 0.1) is 20.2 Å². The number of fused-ring (bicyclic) bond motifs is 4. The van der Waals surface area contributed by atoms with Crippen LogP contribution in [0.15, 0.2) is 101 Å². The normalized spacial score (nSPS) is 15.1. The topological polar surface area (TPSA) is 295 Å². The van der Waals surface area contributed by atoms with Crippen LogP contribution < -0.4 is 35.6 Å². The summed E-state index contributed by atoms with van der Waals surface area (Å²) < 4.78 is 62.4. The number of thioether (sulfide) groups is 1. The molecule has 1 unspecified atom stereocenters. The van der Waals surface area contributed by atoms with E-state index >= 15 is 0 Å². The van der Waals surface area contributed by atoms with Gasteiger partial charge in [0, 0.05) is 89.6 Å². The Bertz CT molecular complexity index is 3450. The standard InChI is InChI=1S/C57H63N7O15S2/c1-4-61-18-5-7-40-28-48-52(31-50(40)61)79-53-32-51-47(30-49(53)60-48)42(36-81(73,74)75)33-57(2,3)62(51)19-6-8-54(66)58-17-20-76-21-22-77-23-24-78-35-41-27-45(65)13-9-38(41)12-16-55(67)80-46-14-10-39(11-15-46)56(68)59-34-37-25-43(63(69)70)29-44(26-37)64(71)72/h9-16,25-32,42H,4-8,17-24,33-36H2,1-3H3,(H3-,58,59,65,66,67,68,73,74,75). The highest BCUT2D eigenvalue weighted by molar-refractivity contribution is 8.14. The molecule has 0 bridgehead atoms. The number of benzene rings is 5. The maximum Gasteiger partial charge on any atom is 0.276 e. The Hall–Kier alpha value is -7.61. The molecule has 81 heavy (non-hydrogen) atoms. The fourth-order valence-corrected chi connectivity index (χ4v) is 11.6. The first-order valence-electron chi connectivity index (χ1n) is 26.5. The fourth-order valence-electron chi connectivity index (χ4n) is 10.2. The van der Waals surface area contributed by atoms with Gasteiger partial charge in [-0.15, -0.1) is 0 Å². The number of phenols is 1. The summed E-state index contributed by atoms with van der Waals surface area (Å²) in [6, 6.07) is 21.9. The maximum atomic E-state index is 12.9. The Balaban J connectivity index is 0.722. The molecular formula is C57H63N7O15S2. The minimum Gasteiger partial charge on any atom is -0.748 e. The zero-order chi connectivity index (χ0) is 57.8. The molecule has 0 fully saturated rings. The number of carbonyl (C=O) groups is 3. The molecule has 3 aliphatic rings. The molecule has 0 aromatic heterocycles. The molecule has 3 aliphatic heterocycles. The molecule has 3 N–H and O–H groups in total. The summed E-state index contributed by atoms with van der Waals surface area (Å²) in [7, 11) is -4.55. The van der Waals surface area contributed by atoms with Crippen molar-refractivity contribution in [3.63, 3.8) is 0 Å². The lowest BCUT2D eigenvalue weighted by Gasteiger charge is -2.48. The SMILES string of the molecule is CC[N+]1=c2cc3c(cc2CCC1)=Nc1cc2c(cc1O3)N(CCCC(=O)NCCOCCOCCOCc1cc(O)ccc1/C=C/C(=O)Sc1ccc(C(=O)NCc3cc([N+](=O)[O-])cc([N+](=O)[O-])c3)cc1)C(C)(C)CC2CS(=O)(=O)[O-]. The molecule has 22 nitrogen and oxygen atoms in total. The highest BCUT2D eigenvalue weighted by atomic mass is 32.2. The molecule has 0 saturated heterocycles. The average Bonchev–Trinajstić information content (AvgIpc) is 3.23. The molecular weight excluding hydrogens is 1090 g/mol. The van der Waals surface area contributed by atoms with Crippen LogP contribution in [0.4, 0.5) is 22.7 Å². The quantitative estimate of drug-likeness (QED) is 0.00962. The number of ether oxygens (including phenoxy) is 4. The predicted octanol–water partition coefficient (Wildman–Crippen LogP) is 6.75. The number of rotatable bonds is 26. The second-order valence-electron chi connectivity index (χ2n) is 20.3. The van der Waals surface area contributed by atoms with E-state index in [1.165, 1.54) is 35.9 Å². The number of nitrogens with zero attached hydrogens (tertiary/aromatic N) is 5. The van der Waals surface area contributed by atoms with E-state index in [4.69, 9.17) is 23.9 Å². The van der Waals surface area contributed by atoms with Crippen LogP contribution in [0.5, 0.6) is 17.2 Å². The van der Waals surface area contributed by atoms with Crippen molar-refractivity contribution < 1.29 is 61.3 Å². The highest BCUT2D eigenvalue weighted by Gasteiger charge is 2.40. The van der Waals surface area contributed by atoms with Crippen molar-refractivity contribution in [2.75, 3.05) is 69.9 Å². The number of amides is 2. The van der Waals surface area contributed by atoms with Crippen LogP contribution >= 0.6 is 11.8 Å². The number of phenolic OH excluding ortho intramolecular Hbond substituents is 1. The Kier molecular flexibility index (Phi) is 19.7. The number of carbonyl (C=O) groups excluding carboxylic acids is 3. The number of hydrogen-bond acceptors (Lipinski definition) is 18. The largest absolute Gasteiger partial charge is 0.748 e. The van der Waals surface area contributed by atoms with Gasteiger partial charge in [-0.25, -0.2) is 18.0 Å². The van der Waals surface area contributed by atoms with Crippen molar-refractivity contribution in [3.05, 3.63) is 155 Å². The second-order valence-corrected chi connectivity index (χ2v) is 22.8. The molecule has 2 amide bonds. The van der Waals surface area contributed by atoms with E-state index in [9.17, 15) is 52.7 Å². The van der Waals surface area contributed by atoms with E-state index in [1.54, 1.807) is 24.3 Å². The molecule has 0 spiro atoms. The molecule has 0 aliphatic carbocycles. The van der Waals surface area contributed by atoms with E-state index < -0.39 is 54.5 Å². The maximum absolute atomic E-state index is 12.9. The van der Waals surface area contributed by atoms with Gasteiger partial charge in [-0.3, -0.25) is 34.6 Å². The average molecular weight is 1150 g/mol. The third-order valence-electron chi connectivity index (χ3n) is 14.0. The molecule has 8 rings (SSSR count). The number of aromatic hydroxyl groups is 1. The number of nitro groups is 2. The van der Waals surface area contributed by atoms with Gasteiger partial charge in [0.05, 0.1) is 71.7 Å². The predicted molar refractivity (Wildman–Crippen MR) is 301 cm³/mol. The third kappa shape index (κ3) is 16.1. The summed E-state index contributed by atoms with van der Waals surface area (Å²) in [4.78, 5) is 67.2. The van der Waals surface area contributed by atoms with Crippen molar-refractivity contribution in [1.29, 1.82) is 0 Å².